The molecule has 0 aliphatic carbocycles. The Balaban J connectivity index is 3.16. The van der Waals surface area contributed by atoms with Crippen molar-refractivity contribution in [3.8, 4) is 0 Å². The lowest BCUT2D eigenvalue weighted by Crippen LogP contribution is -2.19. The predicted molar refractivity (Wildman–Crippen MR) is 66.4 cm³/mol. The van der Waals surface area contributed by atoms with Crippen molar-refractivity contribution in [1.29, 1.82) is 0 Å². The van der Waals surface area contributed by atoms with Crippen LogP contribution in [0.15, 0.2) is 0 Å². The number of nitro groups is 1. The van der Waals surface area contributed by atoms with Crippen molar-refractivity contribution in [2.45, 2.75) is 39.7 Å². The van der Waals surface area contributed by atoms with Crippen LogP contribution in [0.2, 0.25) is 5.15 Å². The normalized spacial score (nSPS) is 10.6. The maximum Gasteiger partial charge on any atom is 0.348 e. The number of anilines is 1. The Morgan fingerprint density at radius 1 is 1.41 bits per heavy atom. The maximum atomic E-state index is 10.9. The van der Waals surface area contributed by atoms with E-state index in [9.17, 15) is 10.1 Å². The summed E-state index contributed by atoms with van der Waals surface area (Å²) in [5.74, 6) is 0.607. The minimum absolute atomic E-state index is 0.129. The lowest BCUT2D eigenvalue weighted by Gasteiger charge is -2.15. The smallest absolute Gasteiger partial charge is 0.348 e. The second kappa shape index (κ2) is 5.77. The third-order valence-electron chi connectivity index (χ3n) is 2.46. The van der Waals surface area contributed by atoms with Gasteiger partial charge in [0.2, 0.25) is 11.0 Å². The zero-order valence-corrected chi connectivity index (χ0v) is 10.8. The number of halogens is 1. The number of hydrogen-bond donors (Lipinski definition) is 1. The molecule has 1 N–H and O–H groups in total. The van der Waals surface area contributed by atoms with Gasteiger partial charge in [0, 0.05) is 6.04 Å². The molecule has 0 aliphatic rings. The second-order valence-electron chi connectivity index (χ2n) is 3.67. The molecule has 0 unspecified atom stereocenters. The zero-order chi connectivity index (χ0) is 13.0. The van der Waals surface area contributed by atoms with Crippen LogP contribution in [0.3, 0.4) is 0 Å². The number of nitrogens with one attached hydrogen (secondary N) is 1. The van der Waals surface area contributed by atoms with Crippen LogP contribution in [0.25, 0.3) is 0 Å². The molecule has 7 heteroatoms. The van der Waals surface area contributed by atoms with Crippen LogP contribution in [0.5, 0.6) is 0 Å². The molecular weight excluding hydrogens is 244 g/mol. The van der Waals surface area contributed by atoms with E-state index in [2.05, 4.69) is 15.3 Å². The topological polar surface area (TPSA) is 81.0 Å². The van der Waals surface area contributed by atoms with Crippen LogP contribution in [-0.4, -0.2) is 20.9 Å². The lowest BCUT2D eigenvalue weighted by atomic mass is 10.2. The van der Waals surface area contributed by atoms with Gasteiger partial charge < -0.3 is 5.32 Å². The largest absolute Gasteiger partial charge is 0.361 e. The van der Waals surface area contributed by atoms with Gasteiger partial charge in [0.15, 0.2) is 0 Å². The molecule has 17 heavy (non-hydrogen) atoms. The molecule has 0 atom stereocenters. The van der Waals surface area contributed by atoms with Crippen molar-refractivity contribution in [1.82, 2.24) is 9.97 Å². The summed E-state index contributed by atoms with van der Waals surface area (Å²) in [5, 5.41) is 13.8. The van der Waals surface area contributed by atoms with Gasteiger partial charge in [-0.3, -0.25) is 10.1 Å². The first kappa shape index (κ1) is 13.6. The van der Waals surface area contributed by atoms with E-state index in [0.717, 1.165) is 12.8 Å². The summed E-state index contributed by atoms with van der Waals surface area (Å²) in [7, 11) is 0. The van der Waals surface area contributed by atoms with E-state index in [1.807, 2.05) is 13.8 Å². The predicted octanol–water partition coefficient (Wildman–Crippen LogP) is 2.95. The fourth-order valence-corrected chi connectivity index (χ4v) is 1.76. The SMILES string of the molecule is CCC(CC)Nc1nc(C)nc(Cl)c1[N+](=O)[O-]. The minimum atomic E-state index is -0.563. The van der Waals surface area contributed by atoms with Gasteiger partial charge in [-0.15, -0.1) is 0 Å². The van der Waals surface area contributed by atoms with Crippen LogP contribution in [0.1, 0.15) is 32.5 Å². The molecule has 0 saturated heterocycles. The second-order valence-corrected chi connectivity index (χ2v) is 4.03. The molecular formula is C10H15ClN4O2. The Labute approximate surface area is 105 Å². The average molecular weight is 259 g/mol. The molecule has 0 aromatic carbocycles. The summed E-state index contributed by atoms with van der Waals surface area (Å²) >= 11 is 5.77. The molecule has 1 heterocycles. The molecule has 0 bridgehead atoms. The van der Waals surface area contributed by atoms with E-state index in [1.165, 1.54) is 0 Å². The third kappa shape index (κ3) is 3.26. The van der Waals surface area contributed by atoms with E-state index < -0.39 is 4.92 Å². The fourth-order valence-electron chi connectivity index (χ4n) is 1.48. The zero-order valence-electron chi connectivity index (χ0n) is 10.0. The van der Waals surface area contributed by atoms with Crippen LogP contribution in [0, 0.1) is 17.0 Å². The van der Waals surface area contributed by atoms with Crippen LogP contribution in [-0.2, 0) is 0 Å². The maximum absolute atomic E-state index is 10.9. The summed E-state index contributed by atoms with van der Waals surface area (Å²) < 4.78 is 0. The summed E-state index contributed by atoms with van der Waals surface area (Å²) in [6.07, 6.45) is 1.71. The minimum Gasteiger partial charge on any atom is -0.361 e. The van der Waals surface area contributed by atoms with Crippen molar-refractivity contribution < 1.29 is 4.92 Å². The molecule has 0 amide bonds. The summed E-state index contributed by atoms with van der Waals surface area (Å²) in [6, 6.07) is 0.138. The monoisotopic (exact) mass is 258 g/mol. The summed E-state index contributed by atoms with van der Waals surface area (Å²) in [6.45, 7) is 5.65. The average Bonchev–Trinajstić information content (AvgIpc) is 2.24. The van der Waals surface area contributed by atoms with Crippen molar-refractivity contribution in [3.63, 3.8) is 0 Å². The van der Waals surface area contributed by atoms with Gasteiger partial charge in [-0.1, -0.05) is 25.4 Å². The highest BCUT2D eigenvalue weighted by Gasteiger charge is 2.23. The first-order valence-corrected chi connectivity index (χ1v) is 5.82. The lowest BCUT2D eigenvalue weighted by molar-refractivity contribution is -0.384. The molecule has 0 saturated carbocycles. The van der Waals surface area contributed by atoms with Gasteiger partial charge in [-0.25, -0.2) is 9.97 Å². The highest BCUT2D eigenvalue weighted by molar-refractivity contribution is 6.31. The van der Waals surface area contributed by atoms with E-state index in [4.69, 9.17) is 11.6 Å². The van der Waals surface area contributed by atoms with Gasteiger partial charge >= 0.3 is 5.69 Å². The molecule has 94 valence electrons. The molecule has 0 fully saturated rings. The number of aryl methyl sites for hydroxylation is 1. The van der Waals surface area contributed by atoms with Crippen molar-refractivity contribution >= 4 is 23.1 Å². The van der Waals surface area contributed by atoms with Gasteiger partial charge in [-0.2, -0.15) is 0 Å². The number of aromatic nitrogens is 2. The molecule has 1 aromatic heterocycles. The molecule has 0 spiro atoms. The molecule has 1 aromatic rings. The van der Waals surface area contributed by atoms with Crippen molar-refractivity contribution in [2.24, 2.45) is 0 Å². The highest BCUT2D eigenvalue weighted by Crippen LogP contribution is 2.30. The number of rotatable bonds is 5. The quantitative estimate of drug-likeness (QED) is 0.499. The Bertz CT molecular complexity index is 421. The Hall–Kier alpha value is -1.43. The third-order valence-corrected chi connectivity index (χ3v) is 2.73. The first-order valence-electron chi connectivity index (χ1n) is 5.44. The molecule has 1 rings (SSSR count). The fraction of sp³-hybridized carbons (Fsp3) is 0.600. The van der Waals surface area contributed by atoms with Crippen molar-refractivity contribution in [3.05, 3.63) is 21.1 Å². The van der Waals surface area contributed by atoms with Crippen LogP contribution in [0.4, 0.5) is 11.5 Å². The van der Waals surface area contributed by atoms with Gasteiger partial charge in [0.25, 0.3) is 0 Å². The van der Waals surface area contributed by atoms with Crippen LogP contribution < -0.4 is 5.32 Å². The van der Waals surface area contributed by atoms with Gasteiger partial charge in [0.1, 0.15) is 5.82 Å². The molecule has 0 aliphatic heterocycles. The summed E-state index contributed by atoms with van der Waals surface area (Å²) in [5.41, 5.74) is -0.260. The summed E-state index contributed by atoms with van der Waals surface area (Å²) in [4.78, 5) is 18.2. The molecule has 6 nitrogen and oxygen atoms in total. The van der Waals surface area contributed by atoms with Gasteiger partial charge in [-0.05, 0) is 19.8 Å². The van der Waals surface area contributed by atoms with E-state index in [-0.39, 0.29) is 22.7 Å². The van der Waals surface area contributed by atoms with Crippen molar-refractivity contribution in [2.75, 3.05) is 5.32 Å². The van der Waals surface area contributed by atoms with Crippen LogP contribution >= 0.6 is 11.6 Å². The van der Waals surface area contributed by atoms with E-state index in [0.29, 0.717) is 5.82 Å². The molecule has 0 radical (unpaired) electrons. The Kier molecular flexibility index (Phi) is 4.62. The number of nitrogens with zero attached hydrogens (tertiary/aromatic N) is 3. The first-order chi connectivity index (χ1) is 7.99. The van der Waals surface area contributed by atoms with Gasteiger partial charge in [0.05, 0.1) is 4.92 Å². The van der Waals surface area contributed by atoms with E-state index in [1.54, 1.807) is 6.92 Å². The van der Waals surface area contributed by atoms with E-state index >= 15 is 0 Å². The Morgan fingerprint density at radius 2 is 2.00 bits per heavy atom. The Morgan fingerprint density at radius 3 is 2.47 bits per heavy atom. The standard InChI is InChI=1S/C10H15ClN4O2/c1-4-7(5-2)14-10-8(15(16)17)9(11)12-6(3)13-10/h7H,4-5H2,1-3H3,(H,12,13,14). The highest BCUT2D eigenvalue weighted by atomic mass is 35.5. The number of hydrogen-bond acceptors (Lipinski definition) is 5.